The molecule has 0 rings (SSSR count). The van der Waals surface area contributed by atoms with E-state index in [-0.39, 0.29) is 0 Å². The van der Waals surface area contributed by atoms with Crippen LogP contribution in [0.5, 0.6) is 0 Å². The van der Waals surface area contributed by atoms with Crippen LogP contribution in [-0.4, -0.2) is 25.8 Å². The van der Waals surface area contributed by atoms with Gasteiger partial charge in [-0.2, -0.15) is 0 Å². The topological polar surface area (TPSA) is 21.3 Å². The molecule has 0 heterocycles. The fourth-order valence-electron chi connectivity index (χ4n) is 1.19. The van der Waals surface area contributed by atoms with E-state index in [1.165, 1.54) is 0 Å². The molecule has 0 bridgehead atoms. The maximum Gasteiger partial charge on any atom is 0.0561 e. The maximum atomic E-state index is 5.69. The van der Waals surface area contributed by atoms with Gasteiger partial charge in [0, 0.05) is 12.6 Å². The molecule has 0 aliphatic rings. The van der Waals surface area contributed by atoms with Gasteiger partial charge in [0.05, 0.1) is 6.10 Å². The molecule has 2 atom stereocenters. The first-order chi connectivity index (χ1) is 6.06. The third-order valence-corrected chi connectivity index (χ3v) is 2.28. The van der Waals surface area contributed by atoms with Gasteiger partial charge in [0.1, 0.15) is 0 Å². The van der Waals surface area contributed by atoms with E-state index in [1.807, 2.05) is 7.05 Å². The van der Waals surface area contributed by atoms with Crippen LogP contribution in [-0.2, 0) is 4.74 Å². The molecule has 2 unspecified atom stereocenters. The highest BCUT2D eigenvalue weighted by atomic mass is 16.5. The van der Waals surface area contributed by atoms with Crippen molar-refractivity contribution in [2.75, 3.05) is 13.7 Å². The number of hydrogen-bond donors (Lipinski definition) is 1. The van der Waals surface area contributed by atoms with Gasteiger partial charge in [0.25, 0.3) is 0 Å². The van der Waals surface area contributed by atoms with Crippen molar-refractivity contribution >= 4 is 0 Å². The predicted octanol–water partition coefficient (Wildman–Crippen LogP) is 2.44. The molecule has 0 aliphatic carbocycles. The molecule has 0 saturated heterocycles. The van der Waals surface area contributed by atoms with Gasteiger partial charge in [0.15, 0.2) is 0 Å². The summed E-state index contributed by atoms with van der Waals surface area (Å²) in [5.41, 5.74) is 0. The van der Waals surface area contributed by atoms with Gasteiger partial charge in [-0.1, -0.05) is 13.8 Å². The molecule has 0 aliphatic heterocycles. The van der Waals surface area contributed by atoms with Crippen molar-refractivity contribution in [3.05, 3.63) is 0 Å². The van der Waals surface area contributed by atoms with Crippen LogP contribution in [0, 0.1) is 5.92 Å². The fraction of sp³-hybridized carbons (Fsp3) is 1.00. The normalized spacial score (nSPS) is 16.2. The zero-order chi connectivity index (χ0) is 10.3. The highest BCUT2D eigenvalue weighted by Crippen LogP contribution is 2.05. The van der Waals surface area contributed by atoms with Crippen molar-refractivity contribution in [2.45, 2.75) is 52.7 Å². The summed E-state index contributed by atoms with van der Waals surface area (Å²) in [7, 11) is 1.99. The molecule has 0 saturated carbocycles. The average Bonchev–Trinajstić information content (AvgIpc) is 2.03. The summed E-state index contributed by atoms with van der Waals surface area (Å²) in [6.07, 6.45) is 2.63. The van der Waals surface area contributed by atoms with E-state index in [4.69, 9.17) is 4.74 Å². The molecule has 1 N–H and O–H groups in total. The summed E-state index contributed by atoms with van der Waals surface area (Å²) in [5, 5.41) is 3.22. The van der Waals surface area contributed by atoms with Crippen LogP contribution < -0.4 is 5.32 Å². The van der Waals surface area contributed by atoms with Crippen molar-refractivity contribution in [3.8, 4) is 0 Å². The van der Waals surface area contributed by atoms with Gasteiger partial charge in [0.2, 0.25) is 0 Å². The van der Waals surface area contributed by atoms with E-state index in [9.17, 15) is 0 Å². The van der Waals surface area contributed by atoms with Crippen LogP contribution in [0.3, 0.4) is 0 Å². The van der Waals surface area contributed by atoms with Crippen molar-refractivity contribution in [2.24, 2.45) is 5.92 Å². The number of nitrogens with one attached hydrogen (secondary N) is 1. The van der Waals surface area contributed by atoms with Gasteiger partial charge in [-0.3, -0.25) is 0 Å². The molecule has 0 aromatic rings. The Balaban J connectivity index is 3.34. The minimum atomic E-state index is 0.376. The van der Waals surface area contributed by atoms with Crippen LogP contribution in [0.15, 0.2) is 0 Å². The molecular formula is C11H25NO. The number of hydrogen-bond acceptors (Lipinski definition) is 2. The molecule has 13 heavy (non-hydrogen) atoms. The summed E-state index contributed by atoms with van der Waals surface area (Å²) in [6, 6.07) is 0.550. The lowest BCUT2D eigenvalue weighted by atomic mass is 10.1. The van der Waals surface area contributed by atoms with E-state index < -0.39 is 0 Å². The molecule has 0 aromatic heterocycles. The minimum Gasteiger partial charge on any atom is -0.378 e. The van der Waals surface area contributed by atoms with Crippen molar-refractivity contribution in [3.63, 3.8) is 0 Å². The summed E-state index contributed by atoms with van der Waals surface area (Å²) < 4.78 is 5.69. The monoisotopic (exact) mass is 187 g/mol. The van der Waals surface area contributed by atoms with Crippen molar-refractivity contribution in [1.82, 2.24) is 5.32 Å². The average molecular weight is 187 g/mol. The van der Waals surface area contributed by atoms with E-state index in [0.717, 1.165) is 25.4 Å². The minimum absolute atomic E-state index is 0.376. The van der Waals surface area contributed by atoms with Crippen LogP contribution >= 0.6 is 0 Å². The lowest BCUT2D eigenvalue weighted by Crippen LogP contribution is -2.27. The molecule has 0 aromatic carbocycles. The lowest BCUT2D eigenvalue weighted by Gasteiger charge is -2.17. The van der Waals surface area contributed by atoms with Crippen molar-refractivity contribution in [1.29, 1.82) is 0 Å². The second kappa shape index (κ2) is 7.34. The molecule has 0 fully saturated rings. The van der Waals surface area contributed by atoms with Crippen LogP contribution in [0.4, 0.5) is 0 Å². The molecule has 0 radical (unpaired) electrons. The van der Waals surface area contributed by atoms with Gasteiger partial charge in [-0.25, -0.2) is 0 Å². The SMILES string of the molecule is CNC(C)CC(C)OCCC(C)C. The Morgan fingerprint density at radius 3 is 2.23 bits per heavy atom. The van der Waals surface area contributed by atoms with Crippen LogP contribution in [0.2, 0.25) is 0 Å². The molecule has 0 amide bonds. The van der Waals surface area contributed by atoms with Crippen molar-refractivity contribution < 1.29 is 4.74 Å². The summed E-state index contributed by atoms with van der Waals surface area (Å²) in [4.78, 5) is 0. The zero-order valence-electron chi connectivity index (χ0n) is 9.76. The third-order valence-electron chi connectivity index (χ3n) is 2.28. The van der Waals surface area contributed by atoms with Gasteiger partial charge in [-0.15, -0.1) is 0 Å². The summed E-state index contributed by atoms with van der Waals surface area (Å²) in [5.74, 6) is 0.744. The highest BCUT2D eigenvalue weighted by Gasteiger charge is 2.06. The predicted molar refractivity (Wildman–Crippen MR) is 58.0 cm³/mol. The van der Waals surface area contributed by atoms with E-state index in [2.05, 4.69) is 33.0 Å². The standard InChI is InChI=1S/C11H25NO/c1-9(2)6-7-13-11(4)8-10(3)12-5/h9-12H,6-8H2,1-5H3. The van der Waals surface area contributed by atoms with Crippen LogP contribution in [0.25, 0.3) is 0 Å². The molecule has 80 valence electrons. The lowest BCUT2D eigenvalue weighted by molar-refractivity contribution is 0.0482. The molecular weight excluding hydrogens is 162 g/mol. The van der Waals surface area contributed by atoms with Crippen LogP contribution in [0.1, 0.15) is 40.5 Å². The Morgan fingerprint density at radius 2 is 1.77 bits per heavy atom. The maximum absolute atomic E-state index is 5.69. The largest absolute Gasteiger partial charge is 0.378 e. The highest BCUT2D eigenvalue weighted by molar-refractivity contribution is 4.62. The Kier molecular flexibility index (Phi) is 7.29. The Bertz CT molecular complexity index is 115. The zero-order valence-corrected chi connectivity index (χ0v) is 9.76. The summed E-state index contributed by atoms with van der Waals surface area (Å²) >= 11 is 0. The first-order valence-corrected chi connectivity index (χ1v) is 5.35. The molecule has 0 spiro atoms. The van der Waals surface area contributed by atoms with E-state index in [1.54, 1.807) is 0 Å². The second-order valence-electron chi connectivity index (χ2n) is 4.29. The fourth-order valence-corrected chi connectivity index (χ4v) is 1.19. The second-order valence-corrected chi connectivity index (χ2v) is 4.29. The first-order valence-electron chi connectivity index (χ1n) is 5.35. The van der Waals surface area contributed by atoms with Gasteiger partial charge in [-0.05, 0) is 39.7 Å². The quantitative estimate of drug-likeness (QED) is 0.661. The Hall–Kier alpha value is -0.0800. The van der Waals surface area contributed by atoms with Gasteiger partial charge >= 0.3 is 0 Å². The smallest absolute Gasteiger partial charge is 0.0561 e. The summed E-state index contributed by atoms with van der Waals surface area (Å²) in [6.45, 7) is 9.68. The molecule has 2 heteroatoms. The van der Waals surface area contributed by atoms with E-state index in [0.29, 0.717) is 12.1 Å². The Labute approximate surface area is 83.1 Å². The first kappa shape index (κ1) is 12.9. The third kappa shape index (κ3) is 8.26. The number of rotatable bonds is 7. The van der Waals surface area contributed by atoms with E-state index >= 15 is 0 Å². The van der Waals surface area contributed by atoms with Gasteiger partial charge < -0.3 is 10.1 Å². The molecule has 2 nitrogen and oxygen atoms in total. The Morgan fingerprint density at radius 1 is 1.15 bits per heavy atom. The number of ether oxygens (including phenoxy) is 1.